The van der Waals surface area contributed by atoms with Crippen LogP contribution in [0, 0.1) is 11.6 Å². The summed E-state index contributed by atoms with van der Waals surface area (Å²) in [6.07, 6.45) is 0. The van der Waals surface area contributed by atoms with Crippen molar-refractivity contribution in [3.63, 3.8) is 0 Å². The molecule has 2 rings (SSSR count). The van der Waals surface area contributed by atoms with E-state index in [-0.39, 0.29) is 19.0 Å². The molecule has 0 atom stereocenters. The van der Waals surface area contributed by atoms with Gasteiger partial charge in [0.05, 0.1) is 5.69 Å². The van der Waals surface area contributed by atoms with Crippen LogP contribution in [0.15, 0.2) is 36.4 Å². The van der Waals surface area contributed by atoms with Crippen molar-refractivity contribution in [2.75, 3.05) is 18.9 Å². The van der Waals surface area contributed by atoms with Crippen molar-refractivity contribution in [2.45, 2.75) is 0 Å². The van der Waals surface area contributed by atoms with E-state index in [2.05, 4.69) is 0 Å². The number of benzene rings is 2. The third-order valence-corrected chi connectivity index (χ3v) is 2.70. The number of halogens is 3. The number of rotatable bonds is 5. The normalized spacial score (nSPS) is 10.3. The molecule has 0 aliphatic carbocycles. The summed E-state index contributed by atoms with van der Waals surface area (Å²) in [5.41, 5.74) is 6.11. The van der Waals surface area contributed by atoms with Gasteiger partial charge in [-0.1, -0.05) is 11.6 Å². The second-order valence-corrected chi connectivity index (χ2v) is 4.39. The molecule has 0 fully saturated rings. The van der Waals surface area contributed by atoms with Gasteiger partial charge in [-0.05, 0) is 30.3 Å². The van der Waals surface area contributed by atoms with Crippen LogP contribution in [0.3, 0.4) is 0 Å². The molecular formula is C14H12ClF2NO2. The van der Waals surface area contributed by atoms with E-state index in [4.69, 9.17) is 26.8 Å². The second kappa shape index (κ2) is 6.43. The lowest BCUT2D eigenvalue weighted by Crippen LogP contribution is -2.10. The molecule has 2 aromatic carbocycles. The number of hydrogen-bond acceptors (Lipinski definition) is 3. The fourth-order valence-corrected chi connectivity index (χ4v) is 1.73. The first kappa shape index (κ1) is 14.4. The summed E-state index contributed by atoms with van der Waals surface area (Å²) in [7, 11) is 0. The van der Waals surface area contributed by atoms with Gasteiger partial charge in [0, 0.05) is 11.1 Å². The zero-order chi connectivity index (χ0) is 14.5. The Morgan fingerprint density at radius 2 is 1.60 bits per heavy atom. The quantitative estimate of drug-likeness (QED) is 0.677. The molecule has 6 heteroatoms. The average Bonchev–Trinajstić information content (AvgIpc) is 2.39. The van der Waals surface area contributed by atoms with Crippen molar-refractivity contribution in [2.24, 2.45) is 0 Å². The fraction of sp³-hybridized carbons (Fsp3) is 0.143. The lowest BCUT2D eigenvalue weighted by Gasteiger charge is -2.10. The number of anilines is 1. The third-order valence-electron chi connectivity index (χ3n) is 2.46. The van der Waals surface area contributed by atoms with E-state index in [1.807, 2.05) is 0 Å². The van der Waals surface area contributed by atoms with Gasteiger partial charge in [0.15, 0.2) is 11.6 Å². The van der Waals surface area contributed by atoms with Crippen LogP contribution in [-0.4, -0.2) is 13.2 Å². The number of ether oxygens (including phenoxy) is 2. The van der Waals surface area contributed by atoms with Crippen LogP contribution in [0.2, 0.25) is 5.02 Å². The van der Waals surface area contributed by atoms with Gasteiger partial charge in [0.25, 0.3) is 0 Å². The van der Waals surface area contributed by atoms with E-state index in [0.717, 1.165) is 12.1 Å². The van der Waals surface area contributed by atoms with E-state index in [9.17, 15) is 8.78 Å². The predicted molar refractivity (Wildman–Crippen MR) is 73.2 cm³/mol. The highest BCUT2D eigenvalue weighted by Gasteiger charge is 2.05. The zero-order valence-electron chi connectivity index (χ0n) is 10.4. The molecule has 0 heterocycles. The first-order valence-corrected chi connectivity index (χ1v) is 6.20. The van der Waals surface area contributed by atoms with Gasteiger partial charge in [-0.2, -0.15) is 0 Å². The Labute approximate surface area is 119 Å². The minimum absolute atomic E-state index is 0.0286. The maximum absolute atomic E-state index is 13.3. The molecule has 2 aromatic rings. The van der Waals surface area contributed by atoms with Crippen molar-refractivity contribution in [1.82, 2.24) is 0 Å². The third kappa shape index (κ3) is 3.74. The molecule has 0 saturated heterocycles. The van der Waals surface area contributed by atoms with E-state index in [0.29, 0.717) is 16.5 Å². The molecule has 0 saturated carbocycles. The van der Waals surface area contributed by atoms with Crippen molar-refractivity contribution in [3.05, 3.63) is 53.1 Å². The van der Waals surface area contributed by atoms with Crippen molar-refractivity contribution in [3.8, 4) is 11.5 Å². The minimum Gasteiger partial charge on any atom is -0.488 e. The maximum Gasteiger partial charge on any atom is 0.167 e. The Morgan fingerprint density at radius 3 is 2.25 bits per heavy atom. The van der Waals surface area contributed by atoms with Crippen molar-refractivity contribution >= 4 is 17.3 Å². The maximum atomic E-state index is 13.3. The molecule has 0 aromatic heterocycles. The van der Waals surface area contributed by atoms with Crippen LogP contribution in [0.5, 0.6) is 11.5 Å². The zero-order valence-corrected chi connectivity index (χ0v) is 11.2. The summed E-state index contributed by atoms with van der Waals surface area (Å²) < 4.78 is 36.5. The first-order chi connectivity index (χ1) is 9.56. The van der Waals surface area contributed by atoms with Crippen LogP contribution in [-0.2, 0) is 0 Å². The van der Waals surface area contributed by atoms with Crippen LogP contribution in [0.25, 0.3) is 0 Å². The Bertz CT molecular complexity index is 554. The fourth-order valence-electron chi connectivity index (χ4n) is 1.55. The summed E-state index contributed by atoms with van der Waals surface area (Å²) in [5, 5.41) is 0.513. The largest absolute Gasteiger partial charge is 0.488 e. The lowest BCUT2D eigenvalue weighted by atomic mass is 10.3. The molecule has 3 nitrogen and oxygen atoms in total. The minimum atomic E-state index is -0.754. The second-order valence-electron chi connectivity index (χ2n) is 3.95. The molecule has 0 radical (unpaired) electrons. The molecule has 20 heavy (non-hydrogen) atoms. The van der Waals surface area contributed by atoms with Crippen molar-refractivity contribution in [1.29, 1.82) is 0 Å². The SMILES string of the molecule is Nc1cc(Cl)ccc1OCCOc1ccc(F)cc1F. The van der Waals surface area contributed by atoms with Gasteiger partial charge in [-0.15, -0.1) is 0 Å². The summed E-state index contributed by atoms with van der Waals surface area (Å²) in [6.45, 7) is 0.271. The van der Waals surface area contributed by atoms with E-state index < -0.39 is 11.6 Å². The van der Waals surface area contributed by atoms with Crippen LogP contribution in [0.1, 0.15) is 0 Å². The number of nitrogens with two attached hydrogens (primary N) is 1. The van der Waals surface area contributed by atoms with Crippen LogP contribution >= 0.6 is 11.6 Å². The van der Waals surface area contributed by atoms with Gasteiger partial charge >= 0.3 is 0 Å². The Hall–Kier alpha value is -2.01. The Morgan fingerprint density at radius 1 is 0.950 bits per heavy atom. The number of nitrogen functional groups attached to an aromatic ring is 1. The number of hydrogen-bond donors (Lipinski definition) is 1. The van der Waals surface area contributed by atoms with Gasteiger partial charge in [-0.25, -0.2) is 8.78 Å². The van der Waals surface area contributed by atoms with Gasteiger partial charge in [-0.3, -0.25) is 0 Å². The van der Waals surface area contributed by atoms with E-state index in [1.165, 1.54) is 6.07 Å². The predicted octanol–water partition coefficient (Wildman–Crippen LogP) is 3.66. The summed E-state index contributed by atoms with van der Waals surface area (Å²) >= 11 is 5.76. The van der Waals surface area contributed by atoms with Crippen LogP contribution < -0.4 is 15.2 Å². The molecule has 0 bridgehead atoms. The lowest BCUT2D eigenvalue weighted by molar-refractivity contribution is 0.212. The topological polar surface area (TPSA) is 44.5 Å². The molecule has 106 valence electrons. The standard InChI is InChI=1S/C14H12ClF2NO2/c15-9-1-3-14(12(18)7-9)20-6-5-19-13-4-2-10(16)8-11(13)17/h1-4,7-8H,5-6,18H2. The molecule has 2 N–H and O–H groups in total. The molecule has 0 amide bonds. The van der Waals surface area contributed by atoms with Gasteiger partial charge in [0.1, 0.15) is 24.8 Å². The molecule has 0 aliphatic rings. The van der Waals surface area contributed by atoms with E-state index >= 15 is 0 Å². The Kier molecular flexibility index (Phi) is 4.63. The highest BCUT2D eigenvalue weighted by molar-refractivity contribution is 6.30. The van der Waals surface area contributed by atoms with Crippen LogP contribution in [0.4, 0.5) is 14.5 Å². The highest BCUT2D eigenvalue weighted by Crippen LogP contribution is 2.25. The smallest absolute Gasteiger partial charge is 0.167 e. The van der Waals surface area contributed by atoms with Gasteiger partial charge < -0.3 is 15.2 Å². The van der Waals surface area contributed by atoms with E-state index in [1.54, 1.807) is 18.2 Å². The monoisotopic (exact) mass is 299 g/mol. The highest BCUT2D eigenvalue weighted by atomic mass is 35.5. The Balaban J connectivity index is 1.84. The molecule has 0 aliphatic heterocycles. The molecule has 0 unspecified atom stereocenters. The van der Waals surface area contributed by atoms with Crippen molar-refractivity contribution < 1.29 is 18.3 Å². The summed E-state index contributed by atoms with van der Waals surface area (Å²) in [4.78, 5) is 0. The van der Waals surface area contributed by atoms with Gasteiger partial charge in [0.2, 0.25) is 0 Å². The first-order valence-electron chi connectivity index (χ1n) is 5.82. The summed E-state index contributed by atoms with van der Waals surface area (Å²) in [6, 6.07) is 7.95. The average molecular weight is 300 g/mol. The molecule has 0 spiro atoms. The summed E-state index contributed by atoms with van der Waals surface area (Å²) in [5.74, 6) is -0.965. The molecular weight excluding hydrogens is 288 g/mol.